The van der Waals surface area contributed by atoms with Crippen LogP contribution in [0.3, 0.4) is 0 Å². The van der Waals surface area contributed by atoms with Crippen molar-refractivity contribution in [2.45, 2.75) is 0 Å². The Balaban J connectivity index is 2.11. The summed E-state index contributed by atoms with van der Waals surface area (Å²) in [5, 5.41) is 1.49. The summed E-state index contributed by atoms with van der Waals surface area (Å²) in [5.74, 6) is 0. The summed E-state index contributed by atoms with van der Waals surface area (Å²) in [6, 6.07) is 17.7. The number of nitrogens with zero attached hydrogens (tertiary/aromatic N) is 3. The summed E-state index contributed by atoms with van der Waals surface area (Å²) >= 11 is 6.72. The summed E-state index contributed by atoms with van der Waals surface area (Å²) in [7, 11) is 0. The highest BCUT2D eigenvalue weighted by atomic mass is 35.5. The number of pyridine rings is 3. The maximum Gasteiger partial charge on any atom is 0.161 e. The van der Waals surface area contributed by atoms with Crippen LogP contribution in [0, 0.1) is 0 Å². The van der Waals surface area contributed by atoms with Gasteiger partial charge in [0.15, 0.2) is 5.65 Å². The Morgan fingerprint density at radius 1 is 0.783 bits per heavy atom. The van der Waals surface area contributed by atoms with Gasteiger partial charge in [0.1, 0.15) is 0 Å². The van der Waals surface area contributed by atoms with E-state index in [1.54, 1.807) is 18.6 Å². The quantitative estimate of drug-likeness (QED) is 0.521. The molecule has 0 radical (unpaired) electrons. The van der Waals surface area contributed by atoms with Gasteiger partial charge in [0, 0.05) is 40.7 Å². The molecule has 110 valence electrons. The third-order valence-electron chi connectivity index (χ3n) is 3.69. The lowest BCUT2D eigenvalue weighted by Crippen LogP contribution is -1.95. The standard InChI is InChI=1S/C19H12ClN3/c20-17-15-9-5-11-22-19(15)23-18(13-6-2-1-3-7-13)16(17)14-8-4-10-21-12-14/h1-12H. The molecule has 4 heteroatoms. The van der Waals surface area contributed by atoms with Crippen LogP contribution in [0.4, 0.5) is 0 Å². The molecular formula is C19H12ClN3. The zero-order valence-electron chi connectivity index (χ0n) is 12.1. The molecular weight excluding hydrogens is 306 g/mol. The Hall–Kier alpha value is -2.78. The van der Waals surface area contributed by atoms with Crippen LogP contribution in [-0.4, -0.2) is 15.0 Å². The fourth-order valence-corrected chi connectivity index (χ4v) is 2.98. The van der Waals surface area contributed by atoms with E-state index < -0.39 is 0 Å². The number of hydrogen-bond acceptors (Lipinski definition) is 3. The minimum absolute atomic E-state index is 0.643. The molecule has 0 saturated heterocycles. The Morgan fingerprint density at radius 3 is 2.35 bits per heavy atom. The van der Waals surface area contributed by atoms with Crippen LogP contribution in [0.25, 0.3) is 33.4 Å². The van der Waals surface area contributed by atoms with E-state index in [1.165, 1.54) is 0 Å². The highest BCUT2D eigenvalue weighted by Crippen LogP contribution is 2.39. The molecule has 0 aliphatic rings. The average Bonchev–Trinajstić information content (AvgIpc) is 2.63. The van der Waals surface area contributed by atoms with Gasteiger partial charge in [0.2, 0.25) is 0 Å². The maximum absolute atomic E-state index is 6.72. The van der Waals surface area contributed by atoms with Crippen LogP contribution in [0.2, 0.25) is 5.02 Å². The second-order valence-electron chi connectivity index (χ2n) is 5.13. The first-order valence-electron chi connectivity index (χ1n) is 7.24. The van der Waals surface area contributed by atoms with E-state index in [-0.39, 0.29) is 0 Å². The Morgan fingerprint density at radius 2 is 1.57 bits per heavy atom. The molecule has 4 aromatic rings. The number of halogens is 1. The molecule has 0 bridgehead atoms. The summed E-state index contributed by atoms with van der Waals surface area (Å²) in [5.41, 5.74) is 4.28. The van der Waals surface area contributed by atoms with Gasteiger partial charge in [-0.05, 0) is 18.2 Å². The molecule has 0 aliphatic heterocycles. The van der Waals surface area contributed by atoms with Gasteiger partial charge in [-0.3, -0.25) is 4.98 Å². The summed E-state index contributed by atoms with van der Waals surface area (Å²) in [6.07, 6.45) is 5.28. The van der Waals surface area contributed by atoms with Crippen LogP contribution >= 0.6 is 11.6 Å². The van der Waals surface area contributed by atoms with Gasteiger partial charge in [-0.1, -0.05) is 48.0 Å². The molecule has 0 fully saturated rings. The van der Waals surface area contributed by atoms with Crippen molar-refractivity contribution in [1.82, 2.24) is 15.0 Å². The normalized spacial score (nSPS) is 10.8. The molecule has 0 aliphatic carbocycles. The van der Waals surface area contributed by atoms with Gasteiger partial charge < -0.3 is 0 Å². The highest BCUT2D eigenvalue weighted by molar-refractivity contribution is 6.38. The van der Waals surface area contributed by atoms with E-state index in [2.05, 4.69) is 9.97 Å². The van der Waals surface area contributed by atoms with Crippen LogP contribution in [0.1, 0.15) is 0 Å². The topological polar surface area (TPSA) is 38.7 Å². The second-order valence-corrected chi connectivity index (χ2v) is 5.51. The van der Waals surface area contributed by atoms with Gasteiger partial charge >= 0.3 is 0 Å². The molecule has 0 N–H and O–H groups in total. The van der Waals surface area contributed by atoms with Crippen LogP contribution in [-0.2, 0) is 0 Å². The van der Waals surface area contributed by atoms with Crippen LogP contribution < -0.4 is 0 Å². The lowest BCUT2D eigenvalue weighted by molar-refractivity contribution is 1.28. The molecule has 3 nitrogen and oxygen atoms in total. The minimum Gasteiger partial charge on any atom is -0.264 e. The fourth-order valence-electron chi connectivity index (χ4n) is 2.64. The first-order chi connectivity index (χ1) is 11.3. The average molecular weight is 318 g/mol. The lowest BCUT2D eigenvalue weighted by Gasteiger charge is -2.13. The Labute approximate surface area is 138 Å². The van der Waals surface area contributed by atoms with Gasteiger partial charge in [0.25, 0.3) is 0 Å². The Bertz CT molecular complexity index is 970. The second kappa shape index (κ2) is 5.78. The molecule has 0 unspecified atom stereocenters. The highest BCUT2D eigenvalue weighted by Gasteiger charge is 2.17. The van der Waals surface area contributed by atoms with Crippen molar-refractivity contribution in [1.29, 1.82) is 0 Å². The predicted molar refractivity (Wildman–Crippen MR) is 93.2 cm³/mol. The molecule has 0 atom stereocenters. The van der Waals surface area contributed by atoms with Crippen LogP contribution in [0.15, 0.2) is 73.2 Å². The molecule has 4 rings (SSSR count). The van der Waals surface area contributed by atoms with Crippen molar-refractivity contribution in [3.8, 4) is 22.4 Å². The molecule has 3 aromatic heterocycles. The number of hydrogen-bond donors (Lipinski definition) is 0. The SMILES string of the molecule is Clc1c(-c2cccnc2)c(-c2ccccc2)nc2ncccc12. The minimum atomic E-state index is 0.643. The largest absolute Gasteiger partial charge is 0.264 e. The van der Waals surface area contributed by atoms with E-state index in [9.17, 15) is 0 Å². The number of benzene rings is 1. The molecule has 3 heterocycles. The number of aromatic nitrogens is 3. The predicted octanol–water partition coefficient (Wildman–Crippen LogP) is 5.01. The van der Waals surface area contributed by atoms with Gasteiger partial charge in [0.05, 0.1) is 10.7 Å². The number of fused-ring (bicyclic) bond motifs is 1. The molecule has 0 amide bonds. The summed E-state index contributed by atoms with van der Waals surface area (Å²) < 4.78 is 0. The maximum atomic E-state index is 6.72. The zero-order valence-corrected chi connectivity index (χ0v) is 12.9. The third kappa shape index (κ3) is 2.45. The van der Waals surface area contributed by atoms with Crippen molar-refractivity contribution in [2.24, 2.45) is 0 Å². The lowest BCUT2D eigenvalue weighted by atomic mass is 9.99. The summed E-state index contributed by atoms with van der Waals surface area (Å²) in [6.45, 7) is 0. The van der Waals surface area contributed by atoms with E-state index in [0.29, 0.717) is 10.7 Å². The van der Waals surface area contributed by atoms with E-state index in [4.69, 9.17) is 16.6 Å². The van der Waals surface area contributed by atoms with E-state index in [0.717, 1.165) is 27.8 Å². The van der Waals surface area contributed by atoms with Gasteiger partial charge in [-0.25, -0.2) is 9.97 Å². The van der Waals surface area contributed by atoms with E-state index >= 15 is 0 Å². The summed E-state index contributed by atoms with van der Waals surface area (Å²) in [4.78, 5) is 13.3. The Kier molecular flexibility index (Phi) is 3.48. The van der Waals surface area contributed by atoms with Crippen molar-refractivity contribution < 1.29 is 0 Å². The smallest absolute Gasteiger partial charge is 0.161 e. The third-order valence-corrected chi connectivity index (χ3v) is 4.09. The van der Waals surface area contributed by atoms with Crippen molar-refractivity contribution in [2.75, 3.05) is 0 Å². The molecule has 1 aromatic carbocycles. The van der Waals surface area contributed by atoms with Crippen molar-refractivity contribution in [3.05, 3.63) is 78.2 Å². The van der Waals surface area contributed by atoms with Gasteiger partial charge in [-0.15, -0.1) is 0 Å². The van der Waals surface area contributed by atoms with Crippen molar-refractivity contribution >= 4 is 22.6 Å². The number of rotatable bonds is 2. The fraction of sp³-hybridized carbons (Fsp3) is 0. The van der Waals surface area contributed by atoms with Gasteiger partial charge in [-0.2, -0.15) is 0 Å². The van der Waals surface area contributed by atoms with Crippen molar-refractivity contribution in [3.63, 3.8) is 0 Å². The molecule has 0 saturated carbocycles. The first kappa shape index (κ1) is 13.9. The first-order valence-corrected chi connectivity index (χ1v) is 7.62. The zero-order chi connectivity index (χ0) is 15.6. The van der Waals surface area contributed by atoms with Crippen LogP contribution in [0.5, 0.6) is 0 Å². The van der Waals surface area contributed by atoms with E-state index in [1.807, 2.05) is 54.6 Å². The molecule has 23 heavy (non-hydrogen) atoms. The molecule has 0 spiro atoms. The monoisotopic (exact) mass is 317 g/mol.